The van der Waals surface area contributed by atoms with Gasteiger partial charge < -0.3 is 5.11 Å². The number of carbonyl (C=O) groups is 1. The number of hydrogen-bond donors (Lipinski definition) is 1. The van der Waals surface area contributed by atoms with Crippen LogP contribution < -0.4 is 0 Å². The second-order valence-electron chi connectivity index (χ2n) is 3.51. The van der Waals surface area contributed by atoms with Crippen LogP contribution in [0.4, 0.5) is 0 Å². The highest BCUT2D eigenvalue weighted by atomic mass is 36.0. The van der Waals surface area contributed by atoms with Crippen molar-refractivity contribution in [2.75, 3.05) is 0 Å². The highest BCUT2D eigenvalue weighted by molar-refractivity contribution is 8.24. The van der Waals surface area contributed by atoms with E-state index < -0.39 is 11.2 Å². The zero-order valence-corrected chi connectivity index (χ0v) is 13.7. The quantitative estimate of drug-likeness (QED) is 0.560. The standard InChI is InChI=1S/C8H6Cl2N2O2.Cl3OP/c9-4-5(8(13)14)11-7(3-1-2-3)12-6(4)10;1-5(2,3)4/h3H,1-2H2,(H,13,14);. The van der Waals surface area contributed by atoms with E-state index in [0.717, 1.165) is 12.8 Å². The molecular weight excluding hydrogens is 380 g/mol. The monoisotopic (exact) mass is 384 g/mol. The normalized spacial score (nSPS) is 14.6. The molecule has 5 nitrogen and oxygen atoms in total. The van der Waals surface area contributed by atoms with E-state index in [1.54, 1.807) is 0 Å². The Hall–Kier alpha value is 0.230. The van der Waals surface area contributed by atoms with Gasteiger partial charge in [-0.15, -0.1) is 0 Å². The van der Waals surface area contributed by atoms with Crippen molar-refractivity contribution in [3.05, 3.63) is 21.7 Å². The molecule has 1 saturated carbocycles. The lowest BCUT2D eigenvalue weighted by molar-refractivity contribution is 0.0690. The van der Waals surface area contributed by atoms with Crippen LogP contribution in [0.2, 0.25) is 10.2 Å². The van der Waals surface area contributed by atoms with Crippen molar-refractivity contribution in [3.63, 3.8) is 0 Å². The molecule has 0 saturated heterocycles. The summed E-state index contributed by atoms with van der Waals surface area (Å²) in [5.41, 5.74) is -0.214. The minimum atomic E-state index is -3.22. The Labute approximate surface area is 132 Å². The fraction of sp³-hybridized carbons (Fsp3) is 0.375. The Morgan fingerprint density at radius 3 is 2.05 bits per heavy atom. The average Bonchev–Trinajstić information content (AvgIpc) is 3.02. The summed E-state index contributed by atoms with van der Waals surface area (Å²) in [6, 6.07) is 0. The van der Waals surface area contributed by atoms with Crippen molar-refractivity contribution in [2.45, 2.75) is 18.8 Å². The Kier molecular flexibility index (Phi) is 6.18. The van der Waals surface area contributed by atoms with Gasteiger partial charge in [-0.1, -0.05) is 23.2 Å². The van der Waals surface area contributed by atoms with Crippen LogP contribution in [0.3, 0.4) is 0 Å². The van der Waals surface area contributed by atoms with Crippen molar-refractivity contribution in [3.8, 4) is 0 Å². The van der Waals surface area contributed by atoms with Crippen LogP contribution in [-0.4, -0.2) is 21.0 Å². The van der Waals surface area contributed by atoms with Gasteiger partial charge in [-0.25, -0.2) is 14.8 Å². The molecule has 0 atom stereocenters. The third-order valence-corrected chi connectivity index (χ3v) is 2.70. The Balaban J connectivity index is 0.000000312. The van der Waals surface area contributed by atoms with Crippen LogP contribution in [0.15, 0.2) is 0 Å². The summed E-state index contributed by atoms with van der Waals surface area (Å²) in [6.45, 7) is 0. The number of carboxylic acid groups (broad SMARTS) is 1. The summed E-state index contributed by atoms with van der Waals surface area (Å²) in [5, 5.41) is 5.48. The van der Waals surface area contributed by atoms with Gasteiger partial charge in [0.25, 0.3) is 0 Å². The van der Waals surface area contributed by atoms with E-state index in [1.165, 1.54) is 0 Å². The third-order valence-electron chi connectivity index (χ3n) is 1.97. The molecule has 1 heterocycles. The molecular formula is C8H6Cl5N2O3P. The fourth-order valence-corrected chi connectivity index (χ4v) is 1.44. The lowest BCUT2D eigenvalue weighted by Gasteiger charge is -2.02. The second-order valence-corrected chi connectivity index (χ2v) is 10.9. The molecule has 1 aliphatic rings. The molecule has 1 aromatic rings. The first-order valence-electron chi connectivity index (χ1n) is 4.74. The van der Waals surface area contributed by atoms with Gasteiger partial charge in [-0.3, -0.25) is 4.57 Å². The fourth-order valence-electron chi connectivity index (χ4n) is 1.10. The highest BCUT2D eigenvalue weighted by Crippen LogP contribution is 2.61. The summed E-state index contributed by atoms with van der Waals surface area (Å²) >= 11 is 25.2. The van der Waals surface area contributed by atoms with E-state index in [2.05, 4.69) is 43.7 Å². The molecule has 106 valence electrons. The molecule has 0 spiro atoms. The average molecular weight is 386 g/mol. The van der Waals surface area contributed by atoms with E-state index in [-0.39, 0.29) is 21.8 Å². The first-order valence-corrected chi connectivity index (χ1v) is 9.92. The molecule has 0 unspecified atom stereocenters. The minimum absolute atomic E-state index is 0.0148. The highest BCUT2D eigenvalue weighted by Gasteiger charge is 2.29. The molecule has 2 rings (SSSR count). The summed E-state index contributed by atoms with van der Waals surface area (Å²) < 4.78 is 9.51. The topological polar surface area (TPSA) is 80.2 Å². The van der Waals surface area contributed by atoms with Gasteiger partial charge in [0.05, 0.1) is 0 Å². The first kappa shape index (κ1) is 17.3. The SMILES string of the molecule is O=C(O)c1nc(C2CC2)nc(Cl)c1Cl.O=P(Cl)(Cl)Cl. The molecule has 1 aliphatic carbocycles. The van der Waals surface area contributed by atoms with E-state index >= 15 is 0 Å². The number of aromatic carboxylic acids is 1. The number of rotatable bonds is 2. The summed E-state index contributed by atoms with van der Waals surface area (Å²) in [6.07, 6.45) is 1.97. The van der Waals surface area contributed by atoms with Gasteiger partial charge in [0.1, 0.15) is 10.8 Å². The molecule has 1 aromatic heterocycles. The van der Waals surface area contributed by atoms with Crippen LogP contribution in [-0.2, 0) is 4.57 Å². The zero-order valence-electron chi connectivity index (χ0n) is 8.99. The van der Waals surface area contributed by atoms with E-state index in [0.29, 0.717) is 5.82 Å². The van der Waals surface area contributed by atoms with Crippen molar-refractivity contribution in [1.82, 2.24) is 9.97 Å². The maximum atomic E-state index is 10.7. The van der Waals surface area contributed by atoms with Gasteiger partial charge in [0.15, 0.2) is 10.8 Å². The number of aromatic nitrogens is 2. The molecule has 0 amide bonds. The maximum Gasteiger partial charge on any atom is 0.356 e. The molecule has 0 bridgehead atoms. The number of carboxylic acids is 1. The summed E-state index contributed by atoms with van der Waals surface area (Å²) in [4.78, 5) is 18.5. The predicted molar refractivity (Wildman–Crippen MR) is 76.2 cm³/mol. The van der Waals surface area contributed by atoms with Crippen molar-refractivity contribution >= 4 is 68.1 Å². The molecule has 11 heteroatoms. The first-order chi connectivity index (χ1) is 8.59. The third kappa shape index (κ3) is 6.48. The molecule has 0 aromatic carbocycles. The second kappa shape index (κ2) is 6.79. The van der Waals surface area contributed by atoms with Gasteiger partial charge in [-0.05, 0) is 46.6 Å². The van der Waals surface area contributed by atoms with Gasteiger partial charge in [0.2, 0.25) is 0 Å². The predicted octanol–water partition coefficient (Wildman–Crippen LogP) is 5.17. The van der Waals surface area contributed by atoms with Crippen LogP contribution >= 0.6 is 62.1 Å². The van der Waals surface area contributed by atoms with Gasteiger partial charge in [0, 0.05) is 5.92 Å². The lowest BCUT2D eigenvalue weighted by atomic mass is 10.3. The maximum absolute atomic E-state index is 10.7. The van der Waals surface area contributed by atoms with Crippen LogP contribution in [0.5, 0.6) is 0 Å². The Morgan fingerprint density at radius 1 is 1.21 bits per heavy atom. The largest absolute Gasteiger partial charge is 0.476 e. The smallest absolute Gasteiger partial charge is 0.356 e. The van der Waals surface area contributed by atoms with Crippen LogP contribution in [0.25, 0.3) is 0 Å². The molecule has 19 heavy (non-hydrogen) atoms. The van der Waals surface area contributed by atoms with E-state index in [1.807, 2.05) is 0 Å². The van der Waals surface area contributed by atoms with Crippen molar-refractivity contribution < 1.29 is 14.5 Å². The molecule has 0 aliphatic heterocycles. The number of nitrogens with zero attached hydrogens (tertiary/aromatic N) is 2. The molecule has 1 fully saturated rings. The molecule has 0 radical (unpaired) electrons. The van der Waals surface area contributed by atoms with Gasteiger partial charge >= 0.3 is 11.2 Å². The Bertz CT molecular complexity index is 537. The van der Waals surface area contributed by atoms with Crippen LogP contribution in [0, 0.1) is 0 Å². The number of halogens is 5. The zero-order chi connectivity index (χ0) is 14.8. The summed E-state index contributed by atoms with van der Waals surface area (Å²) in [5.74, 6) is -0.444. The van der Waals surface area contributed by atoms with E-state index in [9.17, 15) is 9.36 Å². The summed E-state index contributed by atoms with van der Waals surface area (Å²) in [7, 11) is 0. The lowest BCUT2D eigenvalue weighted by Crippen LogP contribution is -2.06. The number of hydrogen-bond acceptors (Lipinski definition) is 4. The van der Waals surface area contributed by atoms with Crippen LogP contribution in [0.1, 0.15) is 35.1 Å². The van der Waals surface area contributed by atoms with Crippen molar-refractivity contribution in [1.29, 1.82) is 0 Å². The minimum Gasteiger partial charge on any atom is -0.476 e. The van der Waals surface area contributed by atoms with Gasteiger partial charge in [-0.2, -0.15) is 0 Å². The van der Waals surface area contributed by atoms with E-state index in [4.69, 9.17) is 28.3 Å². The van der Waals surface area contributed by atoms with Crippen molar-refractivity contribution in [2.24, 2.45) is 0 Å². The Morgan fingerprint density at radius 2 is 1.68 bits per heavy atom. The molecule has 1 N–H and O–H groups in total.